The quantitative estimate of drug-likeness (QED) is 0.737. The van der Waals surface area contributed by atoms with Crippen LogP contribution >= 0.6 is 0 Å². The largest absolute Gasteiger partial charge is 0.384 e. The van der Waals surface area contributed by atoms with Gasteiger partial charge in [0.25, 0.3) is 0 Å². The number of nitrogens with zero attached hydrogens (tertiary/aromatic N) is 4. The zero-order chi connectivity index (χ0) is 18.0. The van der Waals surface area contributed by atoms with Gasteiger partial charge in [0.1, 0.15) is 0 Å². The number of piperidine rings is 1. The van der Waals surface area contributed by atoms with Crippen molar-refractivity contribution < 1.29 is 14.1 Å². The normalized spacial score (nSPS) is 27.4. The van der Waals surface area contributed by atoms with E-state index in [0.29, 0.717) is 37.2 Å². The molecule has 3 heterocycles. The lowest BCUT2D eigenvalue weighted by Crippen LogP contribution is -2.51. The Hall–Kier alpha value is -1.47. The Bertz CT molecular complexity index is 630. The first-order chi connectivity index (χ1) is 12.7. The summed E-state index contributed by atoms with van der Waals surface area (Å²) in [5.41, 5.74) is -0.180. The molecule has 4 rings (SSSR count). The summed E-state index contributed by atoms with van der Waals surface area (Å²) in [5, 5.41) is 4.01. The lowest BCUT2D eigenvalue weighted by Gasteiger charge is -2.42. The highest BCUT2D eigenvalue weighted by molar-refractivity contribution is 5.84. The average molecular weight is 362 g/mol. The fourth-order valence-corrected chi connectivity index (χ4v) is 4.63. The number of carbonyl (C=O) groups excluding carboxylic acids is 1. The second kappa shape index (κ2) is 7.64. The zero-order valence-electron chi connectivity index (χ0n) is 15.8. The molecule has 3 fully saturated rings. The third kappa shape index (κ3) is 3.64. The smallest absolute Gasteiger partial charge is 0.240 e. The predicted molar refractivity (Wildman–Crippen MR) is 95.4 cm³/mol. The first-order valence-corrected chi connectivity index (χ1v) is 10.0. The van der Waals surface area contributed by atoms with Crippen LogP contribution in [-0.4, -0.2) is 65.7 Å². The molecule has 7 heteroatoms. The van der Waals surface area contributed by atoms with Gasteiger partial charge in [-0.2, -0.15) is 4.98 Å². The van der Waals surface area contributed by atoms with E-state index >= 15 is 0 Å². The summed E-state index contributed by atoms with van der Waals surface area (Å²) in [6, 6.07) is 0. The molecule has 0 radical (unpaired) electrons. The standard InChI is InChI=1S/C19H30N4O3/c1-25-11-6-16-20-17(26-21-16)13-22-10-8-19(14-22)7-3-9-23(18(19)24)12-15-4-2-5-15/h15H,2-14H2,1H3. The number of ether oxygens (including phenoxy) is 1. The minimum Gasteiger partial charge on any atom is -0.384 e. The van der Waals surface area contributed by atoms with Crippen LogP contribution in [0.4, 0.5) is 0 Å². The zero-order valence-corrected chi connectivity index (χ0v) is 15.8. The molecule has 0 aromatic carbocycles. The summed E-state index contributed by atoms with van der Waals surface area (Å²) < 4.78 is 10.4. The van der Waals surface area contributed by atoms with Gasteiger partial charge >= 0.3 is 0 Å². The molecule has 1 aromatic rings. The molecule has 0 N–H and O–H groups in total. The topological polar surface area (TPSA) is 71.7 Å². The van der Waals surface area contributed by atoms with Gasteiger partial charge in [0.15, 0.2) is 5.82 Å². The van der Waals surface area contributed by atoms with Crippen LogP contribution in [0.15, 0.2) is 4.52 Å². The molecule has 144 valence electrons. The van der Waals surface area contributed by atoms with E-state index in [4.69, 9.17) is 9.26 Å². The molecule has 1 saturated carbocycles. The van der Waals surface area contributed by atoms with Crippen molar-refractivity contribution in [1.29, 1.82) is 0 Å². The van der Waals surface area contributed by atoms with E-state index in [9.17, 15) is 4.79 Å². The SMILES string of the molecule is COCCc1noc(CN2CCC3(CCCN(CC4CCC4)C3=O)C2)n1. The summed E-state index contributed by atoms with van der Waals surface area (Å²) in [6.45, 7) is 4.91. The van der Waals surface area contributed by atoms with E-state index in [0.717, 1.165) is 51.4 Å². The predicted octanol–water partition coefficient (Wildman–Crippen LogP) is 1.87. The number of carbonyl (C=O) groups is 1. The van der Waals surface area contributed by atoms with Gasteiger partial charge in [-0.05, 0) is 44.6 Å². The summed E-state index contributed by atoms with van der Waals surface area (Å²) >= 11 is 0. The molecule has 1 spiro atoms. The van der Waals surface area contributed by atoms with Crippen LogP contribution in [0.3, 0.4) is 0 Å². The Labute approximate surface area is 155 Å². The van der Waals surface area contributed by atoms with E-state index in [-0.39, 0.29) is 5.41 Å². The average Bonchev–Trinajstić information content (AvgIpc) is 3.21. The first-order valence-electron chi connectivity index (χ1n) is 10.0. The third-order valence-electron chi connectivity index (χ3n) is 6.36. The number of methoxy groups -OCH3 is 1. The van der Waals surface area contributed by atoms with Gasteiger partial charge in [0, 0.05) is 33.2 Å². The lowest BCUT2D eigenvalue weighted by atomic mass is 9.77. The lowest BCUT2D eigenvalue weighted by molar-refractivity contribution is -0.146. The summed E-state index contributed by atoms with van der Waals surface area (Å²) in [7, 11) is 1.67. The van der Waals surface area contributed by atoms with Crippen molar-refractivity contribution in [3.05, 3.63) is 11.7 Å². The molecule has 0 bridgehead atoms. The van der Waals surface area contributed by atoms with Crippen molar-refractivity contribution in [2.24, 2.45) is 11.3 Å². The molecule has 2 aliphatic heterocycles. The molecule has 2 saturated heterocycles. The number of hydrogen-bond acceptors (Lipinski definition) is 6. The maximum atomic E-state index is 13.2. The summed E-state index contributed by atoms with van der Waals surface area (Å²) in [6.07, 6.45) is 7.70. The molecular formula is C19H30N4O3. The molecular weight excluding hydrogens is 332 g/mol. The van der Waals surface area contributed by atoms with Crippen LogP contribution < -0.4 is 0 Å². The number of rotatable bonds is 7. The monoisotopic (exact) mass is 362 g/mol. The van der Waals surface area contributed by atoms with Crippen molar-refractivity contribution in [3.8, 4) is 0 Å². The van der Waals surface area contributed by atoms with Crippen LogP contribution in [0.2, 0.25) is 0 Å². The van der Waals surface area contributed by atoms with E-state index in [2.05, 4.69) is 19.9 Å². The van der Waals surface area contributed by atoms with Crippen molar-refractivity contribution in [3.63, 3.8) is 0 Å². The second-order valence-electron chi connectivity index (χ2n) is 8.24. The van der Waals surface area contributed by atoms with Crippen molar-refractivity contribution in [2.75, 3.05) is 39.9 Å². The van der Waals surface area contributed by atoms with E-state index in [1.165, 1.54) is 19.3 Å². The highest BCUT2D eigenvalue weighted by atomic mass is 16.5. The molecule has 26 heavy (non-hydrogen) atoms. The van der Waals surface area contributed by atoms with E-state index in [1.807, 2.05) is 0 Å². The van der Waals surface area contributed by atoms with Crippen molar-refractivity contribution in [2.45, 2.75) is 51.5 Å². The Kier molecular flexibility index (Phi) is 5.27. The highest BCUT2D eigenvalue weighted by Crippen LogP contribution is 2.41. The molecule has 1 aliphatic carbocycles. The number of amides is 1. The first kappa shape index (κ1) is 17.9. The summed E-state index contributed by atoms with van der Waals surface area (Å²) in [5.74, 6) is 2.47. The van der Waals surface area contributed by atoms with Crippen molar-refractivity contribution >= 4 is 5.91 Å². The Morgan fingerprint density at radius 1 is 1.27 bits per heavy atom. The fraction of sp³-hybridized carbons (Fsp3) is 0.842. The van der Waals surface area contributed by atoms with Crippen LogP contribution in [0, 0.1) is 11.3 Å². The number of aromatic nitrogens is 2. The minimum absolute atomic E-state index is 0.180. The highest BCUT2D eigenvalue weighted by Gasteiger charge is 2.48. The van der Waals surface area contributed by atoms with Crippen LogP contribution in [-0.2, 0) is 22.5 Å². The van der Waals surface area contributed by atoms with Gasteiger partial charge in [-0.15, -0.1) is 0 Å². The number of likely N-dealkylation sites (tertiary alicyclic amines) is 2. The molecule has 7 nitrogen and oxygen atoms in total. The molecule has 1 amide bonds. The Morgan fingerprint density at radius 3 is 2.92 bits per heavy atom. The molecule has 1 unspecified atom stereocenters. The third-order valence-corrected chi connectivity index (χ3v) is 6.36. The number of hydrogen-bond donors (Lipinski definition) is 0. The maximum Gasteiger partial charge on any atom is 0.240 e. The van der Waals surface area contributed by atoms with E-state index < -0.39 is 0 Å². The fourth-order valence-electron chi connectivity index (χ4n) is 4.63. The maximum absolute atomic E-state index is 13.2. The molecule has 3 aliphatic rings. The van der Waals surface area contributed by atoms with Crippen LogP contribution in [0.25, 0.3) is 0 Å². The van der Waals surface area contributed by atoms with Gasteiger partial charge in [0.05, 0.1) is 18.6 Å². The second-order valence-corrected chi connectivity index (χ2v) is 8.24. The van der Waals surface area contributed by atoms with Gasteiger partial charge in [0.2, 0.25) is 11.8 Å². The summed E-state index contributed by atoms with van der Waals surface area (Å²) in [4.78, 5) is 22.1. The van der Waals surface area contributed by atoms with Crippen LogP contribution in [0.5, 0.6) is 0 Å². The van der Waals surface area contributed by atoms with Gasteiger partial charge in [-0.3, -0.25) is 9.69 Å². The molecule has 1 atom stereocenters. The minimum atomic E-state index is -0.180. The molecule has 1 aromatic heterocycles. The van der Waals surface area contributed by atoms with E-state index in [1.54, 1.807) is 7.11 Å². The Morgan fingerprint density at radius 2 is 2.15 bits per heavy atom. The van der Waals surface area contributed by atoms with Gasteiger partial charge < -0.3 is 14.2 Å². The Balaban J connectivity index is 1.34. The van der Waals surface area contributed by atoms with Gasteiger partial charge in [-0.1, -0.05) is 11.6 Å². The van der Waals surface area contributed by atoms with Gasteiger partial charge in [-0.25, -0.2) is 0 Å². The van der Waals surface area contributed by atoms with Crippen molar-refractivity contribution in [1.82, 2.24) is 19.9 Å². The van der Waals surface area contributed by atoms with Crippen LogP contribution in [0.1, 0.15) is 50.2 Å².